The van der Waals surface area contributed by atoms with E-state index in [1.807, 2.05) is 6.92 Å². The first kappa shape index (κ1) is 17.6. The highest BCUT2D eigenvalue weighted by atomic mass is 16.7. The number of carboxylic acids is 1. The van der Waals surface area contributed by atoms with Gasteiger partial charge in [0.25, 0.3) is 0 Å². The Balaban J connectivity index is 2.15. The second-order valence-corrected chi connectivity index (χ2v) is 5.48. The first-order valence-electron chi connectivity index (χ1n) is 7.98. The Morgan fingerprint density at radius 1 is 1.35 bits per heavy atom. The molecule has 1 aromatic rings. The lowest BCUT2D eigenvalue weighted by Crippen LogP contribution is -2.25. The third kappa shape index (κ3) is 5.41. The van der Waals surface area contributed by atoms with Gasteiger partial charge >= 0.3 is 5.97 Å². The number of carboxylic acid groups (broad SMARTS) is 1. The van der Waals surface area contributed by atoms with Crippen LogP contribution in [0.25, 0.3) is 0 Å². The van der Waals surface area contributed by atoms with Crippen molar-refractivity contribution in [3.8, 4) is 11.5 Å². The van der Waals surface area contributed by atoms with Gasteiger partial charge in [0.05, 0.1) is 12.2 Å². The molecule has 1 aliphatic heterocycles. The zero-order valence-electron chi connectivity index (χ0n) is 13.6. The Morgan fingerprint density at radius 3 is 2.74 bits per heavy atom. The third-order valence-electron chi connectivity index (χ3n) is 3.59. The van der Waals surface area contributed by atoms with Crippen molar-refractivity contribution in [3.05, 3.63) is 23.8 Å². The van der Waals surface area contributed by atoms with E-state index >= 15 is 0 Å². The highest BCUT2D eigenvalue weighted by Crippen LogP contribution is 2.27. The Labute approximate surface area is 136 Å². The number of methoxy groups -OCH3 is 1. The van der Waals surface area contributed by atoms with Crippen molar-refractivity contribution >= 4 is 5.97 Å². The fourth-order valence-electron chi connectivity index (χ4n) is 2.40. The molecular weight excluding hydrogens is 300 g/mol. The van der Waals surface area contributed by atoms with Crippen molar-refractivity contribution in [2.45, 2.75) is 51.6 Å². The maximum Gasteiger partial charge on any atom is 0.335 e. The van der Waals surface area contributed by atoms with Crippen LogP contribution in [-0.4, -0.2) is 37.4 Å². The summed E-state index contributed by atoms with van der Waals surface area (Å²) in [5, 5.41) is 9.26. The summed E-state index contributed by atoms with van der Waals surface area (Å²) in [6.45, 7) is 2.69. The minimum Gasteiger partial charge on any atom is -0.478 e. The van der Waals surface area contributed by atoms with E-state index < -0.39 is 12.3 Å². The Morgan fingerprint density at radius 2 is 2.13 bits per heavy atom. The SMILES string of the molecule is CCCC(OC)Oc1cc(OC2CCCCO2)cc(C(=O)O)c1. The van der Waals surface area contributed by atoms with Gasteiger partial charge in [-0.1, -0.05) is 13.3 Å². The van der Waals surface area contributed by atoms with Gasteiger partial charge in [-0.05, 0) is 25.0 Å². The first-order valence-corrected chi connectivity index (χ1v) is 7.98. The third-order valence-corrected chi connectivity index (χ3v) is 3.59. The van der Waals surface area contributed by atoms with Gasteiger partial charge in [0, 0.05) is 26.0 Å². The van der Waals surface area contributed by atoms with E-state index in [2.05, 4.69) is 0 Å². The minimum absolute atomic E-state index is 0.111. The van der Waals surface area contributed by atoms with E-state index in [1.54, 1.807) is 13.2 Å². The highest BCUT2D eigenvalue weighted by Gasteiger charge is 2.18. The molecule has 1 saturated heterocycles. The molecule has 1 aromatic carbocycles. The summed E-state index contributed by atoms with van der Waals surface area (Å²) in [6.07, 6.45) is 3.72. The summed E-state index contributed by atoms with van der Waals surface area (Å²) >= 11 is 0. The largest absolute Gasteiger partial charge is 0.478 e. The molecule has 2 unspecified atom stereocenters. The normalized spacial score (nSPS) is 19.1. The fraction of sp³-hybridized carbons (Fsp3) is 0.588. The quantitative estimate of drug-likeness (QED) is 0.738. The van der Waals surface area contributed by atoms with Crippen LogP contribution in [0.15, 0.2) is 18.2 Å². The van der Waals surface area contributed by atoms with Crippen molar-refractivity contribution in [2.75, 3.05) is 13.7 Å². The number of hydrogen-bond acceptors (Lipinski definition) is 5. The van der Waals surface area contributed by atoms with E-state index in [1.165, 1.54) is 12.1 Å². The Bertz CT molecular complexity index is 485. The van der Waals surface area contributed by atoms with Crippen LogP contribution in [0, 0.1) is 0 Å². The molecule has 0 aromatic heterocycles. The van der Waals surface area contributed by atoms with Crippen LogP contribution < -0.4 is 9.47 Å². The van der Waals surface area contributed by atoms with Gasteiger partial charge in [-0.3, -0.25) is 0 Å². The summed E-state index contributed by atoms with van der Waals surface area (Å²) in [4.78, 5) is 11.3. The van der Waals surface area contributed by atoms with E-state index in [-0.39, 0.29) is 11.9 Å². The minimum atomic E-state index is -1.03. The fourth-order valence-corrected chi connectivity index (χ4v) is 2.40. The van der Waals surface area contributed by atoms with E-state index in [9.17, 15) is 9.90 Å². The van der Waals surface area contributed by atoms with Gasteiger partial charge in [0.15, 0.2) is 12.6 Å². The molecule has 0 saturated carbocycles. The van der Waals surface area contributed by atoms with Crippen LogP contribution in [0.3, 0.4) is 0 Å². The second-order valence-electron chi connectivity index (χ2n) is 5.48. The van der Waals surface area contributed by atoms with Crippen molar-refractivity contribution < 1.29 is 28.8 Å². The summed E-state index contributed by atoms with van der Waals surface area (Å²) in [6, 6.07) is 4.62. The van der Waals surface area contributed by atoms with Crippen LogP contribution in [0.5, 0.6) is 11.5 Å². The molecule has 2 rings (SSSR count). The lowest BCUT2D eigenvalue weighted by Gasteiger charge is -2.24. The van der Waals surface area contributed by atoms with Crippen LogP contribution in [0.2, 0.25) is 0 Å². The average molecular weight is 324 g/mol. The number of hydrogen-bond donors (Lipinski definition) is 1. The molecule has 0 radical (unpaired) electrons. The van der Waals surface area contributed by atoms with Crippen LogP contribution in [0.1, 0.15) is 49.4 Å². The molecule has 1 fully saturated rings. The maximum absolute atomic E-state index is 11.3. The van der Waals surface area contributed by atoms with Crippen molar-refractivity contribution in [2.24, 2.45) is 0 Å². The topological polar surface area (TPSA) is 74.2 Å². The monoisotopic (exact) mass is 324 g/mol. The summed E-state index contributed by atoms with van der Waals surface area (Å²) in [7, 11) is 1.56. The molecule has 2 atom stereocenters. The Hall–Kier alpha value is -1.79. The molecule has 1 aliphatic rings. The van der Waals surface area contributed by atoms with E-state index in [0.717, 1.165) is 32.1 Å². The molecular formula is C17H24O6. The summed E-state index contributed by atoms with van der Waals surface area (Å²) in [5.41, 5.74) is 0.111. The Kier molecular flexibility index (Phi) is 6.67. The molecule has 0 spiro atoms. The van der Waals surface area contributed by atoms with Crippen LogP contribution >= 0.6 is 0 Å². The molecule has 128 valence electrons. The highest BCUT2D eigenvalue weighted by molar-refractivity contribution is 5.88. The summed E-state index contributed by atoms with van der Waals surface area (Å²) in [5.74, 6) is -0.191. The van der Waals surface area contributed by atoms with Crippen molar-refractivity contribution in [3.63, 3.8) is 0 Å². The zero-order chi connectivity index (χ0) is 16.7. The van der Waals surface area contributed by atoms with Gasteiger partial charge in [-0.2, -0.15) is 0 Å². The number of benzene rings is 1. The average Bonchev–Trinajstić information content (AvgIpc) is 2.55. The number of carbonyl (C=O) groups is 1. The smallest absolute Gasteiger partial charge is 0.335 e. The van der Waals surface area contributed by atoms with Crippen LogP contribution in [0.4, 0.5) is 0 Å². The first-order chi connectivity index (χ1) is 11.1. The molecule has 6 heteroatoms. The lowest BCUT2D eigenvalue weighted by atomic mass is 10.2. The number of rotatable bonds is 8. The van der Waals surface area contributed by atoms with E-state index in [0.29, 0.717) is 18.1 Å². The van der Waals surface area contributed by atoms with Crippen molar-refractivity contribution in [1.82, 2.24) is 0 Å². The van der Waals surface area contributed by atoms with Gasteiger partial charge < -0.3 is 24.1 Å². The maximum atomic E-state index is 11.3. The van der Waals surface area contributed by atoms with Gasteiger partial charge in [-0.25, -0.2) is 4.79 Å². The standard InChI is InChI=1S/C17H24O6/c1-3-6-15(20-2)22-13-9-12(17(18)19)10-14(11-13)23-16-7-4-5-8-21-16/h9-11,15-16H,3-8H2,1-2H3,(H,18,19). The molecule has 6 nitrogen and oxygen atoms in total. The molecule has 0 aliphatic carbocycles. The number of ether oxygens (including phenoxy) is 4. The van der Waals surface area contributed by atoms with Gasteiger partial charge in [0.2, 0.25) is 0 Å². The summed E-state index contributed by atoms with van der Waals surface area (Å²) < 4.78 is 22.3. The predicted octanol–water partition coefficient (Wildman–Crippen LogP) is 3.44. The molecule has 23 heavy (non-hydrogen) atoms. The molecule has 0 amide bonds. The molecule has 0 bridgehead atoms. The van der Waals surface area contributed by atoms with Crippen LogP contribution in [-0.2, 0) is 9.47 Å². The van der Waals surface area contributed by atoms with Gasteiger partial charge in [-0.15, -0.1) is 0 Å². The molecule has 1 heterocycles. The van der Waals surface area contributed by atoms with Crippen molar-refractivity contribution in [1.29, 1.82) is 0 Å². The van der Waals surface area contributed by atoms with Gasteiger partial charge in [0.1, 0.15) is 11.5 Å². The zero-order valence-corrected chi connectivity index (χ0v) is 13.6. The van der Waals surface area contributed by atoms with E-state index in [4.69, 9.17) is 18.9 Å². The lowest BCUT2D eigenvalue weighted by molar-refractivity contribution is -0.106. The molecule has 1 N–H and O–H groups in total. The number of aromatic carboxylic acids is 1. The predicted molar refractivity (Wildman–Crippen MR) is 84.0 cm³/mol. The second kappa shape index (κ2) is 8.74.